The van der Waals surface area contributed by atoms with Gasteiger partial charge in [-0.05, 0) is 24.2 Å². The summed E-state index contributed by atoms with van der Waals surface area (Å²) in [5.41, 5.74) is 0. The zero-order valence-corrected chi connectivity index (χ0v) is 37.9. The number of halogens is 3. The van der Waals surface area contributed by atoms with Gasteiger partial charge >= 0.3 is 29.8 Å². The topological polar surface area (TPSA) is 211 Å². The quantitative estimate of drug-likeness (QED) is 0.0712. The van der Waals surface area contributed by atoms with Crippen molar-refractivity contribution in [3.63, 3.8) is 0 Å². The molecule has 3 rings (SSSR count). The van der Waals surface area contributed by atoms with Crippen LogP contribution in [0.2, 0.25) is 0 Å². The van der Waals surface area contributed by atoms with Crippen LogP contribution in [0.4, 0.5) is 0 Å². The van der Waals surface area contributed by atoms with Crippen molar-refractivity contribution in [2.75, 3.05) is 20.3 Å². The molecule has 0 aromatic carbocycles. The molecule has 0 aromatic heterocycles. The maximum Gasteiger partial charge on any atom is 0.366 e. The third-order valence-electron chi connectivity index (χ3n) is 11.4. The van der Waals surface area contributed by atoms with Crippen LogP contribution in [-0.2, 0) is 76.1 Å². The predicted octanol–water partition coefficient (Wildman–Crippen LogP) is 5.45. The van der Waals surface area contributed by atoms with Crippen molar-refractivity contribution in [2.45, 2.75) is 154 Å². The SMILES string of the molecule is CC[C@@H](OC(C)=O)[C@@H](C)[C@@H]1O[C@@](O[C@@H]2C(OC(C)=O)[C@H](O[C@H]3C(C)C(C)[C@@H](OC(=N)C(Cl)(Cl)Cl)O[C@H]3COC(C)=O)OC(COC(C)=O)[C@@H]2C)(C(=O)OC)CC(C)[C@H]1C. The van der Waals surface area contributed by atoms with E-state index in [4.69, 9.17) is 92.3 Å². The van der Waals surface area contributed by atoms with Crippen molar-refractivity contribution in [2.24, 2.45) is 35.5 Å². The smallest absolute Gasteiger partial charge is 0.366 e. The zero-order chi connectivity index (χ0) is 44.7. The number of nitrogens with one attached hydrogen (secondary N) is 1. The Morgan fingerprint density at radius 2 is 1.34 bits per heavy atom. The number of alkyl halides is 3. The van der Waals surface area contributed by atoms with Crippen LogP contribution in [0.15, 0.2) is 0 Å². The van der Waals surface area contributed by atoms with Crippen LogP contribution in [0.5, 0.6) is 0 Å². The van der Waals surface area contributed by atoms with Gasteiger partial charge in [-0.3, -0.25) is 24.6 Å². The van der Waals surface area contributed by atoms with Crippen LogP contribution in [0.25, 0.3) is 0 Å². The number of carbonyl (C=O) groups is 5. The molecule has 3 heterocycles. The Bertz CT molecular complexity index is 1500. The summed E-state index contributed by atoms with van der Waals surface area (Å²) in [6.07, 6.45) is -9.08. The predicted molar refractivity (Wildman–Crippen MR) is 210 cm³/mol. The molecule has 0 aliphatic carbocycles. The Balaban J connectivity index is 2.14. The molecule has 0 amide bonds. The van der Waals surface area contributed by atoms with Gasteiger partial charge in [-0.2, -0.15) is 0 Å². The average Bonchev–Trinajstić information content (AvgIpc) is 3.14. The molecule has 0 saturated carbocycles. The van der Waals surface area contributed by atoms with E-state index in [1.807, 2.05) is 27.7 Å². The lowest BCUT2D eigenvalue weighted by Gasteiger charge is -2.52. The molecule has 17 nitrogen and oxygen atoms in total. The average molecular weight is 905 g/mol. The summed E-state index contributed by atoms with van der Waals surface area (Å²) in [4.78, 5) is 63.1. The van der Waals surface area contributed by atoms with E-state index in [1.54, 1.807) is 20.8 Å². The second-order valence-corrected chi connectivity index (χ2v) is 18.0. The van der Waals surface area contributed by atoms with Gasteiger partial charge in [0.2, 0.25) is 12.2 Å². The highest BCUT2D eigenvalue weighted by molar-refractivity contribution is 6.76. The molecule has 1 N–H and O–H groups in total. The Hall–Kier alpha value is -2.51. The van der Waals surface area contributed by atoms with Gasteiger partial charge in [0.1, 0.15) is 37.6 Å². The summed E-state index contributed by atoms with van der Waals surface area (Å²) in [6.45, 7) is 17.2. The van der Waals surface area contributed by atoms with Crippen molar-refractivity contribution in [1.29, 1.82) is 5.41 Å². The number of methoxy groups -OCH3 is 1. The number of hydrogen-bond acceptors (Lipinski definition) is 17. The van der Waals surface area contributed by atoms with Gasteiger partial charge in [-0.25, -0.2) is 4.79 Å². The minimum absolute atomic E-state index is 0.0193. The monoisotopic (exact) mass is 903 g/mol. The molecule has 338 valence electrons. The fourth-order valence-electron chi connectivity index (χ4n) is 7.82. The van der Waals surface area contributed by atoms with Gasteiger partial charge < -0.3 is 52.1 Å². The number of hydrogen-bond donors (Lipinski definition) is 1. The first-order chi connectivity index (χ1) is 27.4. The fraction of sp³-hybridized carbons (Fsp3) is 0.846. The second-order valence-electron chi connectivity index (χ2n) is 15.8. The molecule has 59 heavy (non-hydrogen) atoms. The van der Waals surface area contributed by atoms with Gasteiger partial charge in [-0.15, -0.1) is 0 Å². The number of carbonyl (C=O) groups excluding carboxylic acids is 5. The molecule has 3 fully saturated rings. The van der Waals surface area contributed by atoms with Gasteiger partial charge in [-0.1, -0.05) is 83.3 Å². The minimum atomic E-state index is -2.20. The lowest BCUT2D eigenvalue weighted by atomic mass is 9.76. The zero-order valence-electron chi connectivity index (χ0n) is 35.7. The molecule has 0 radical (unpaired) electrons. The molecule has 0 bridgehead atoms. The summed E-state index contributed by atoms with van der Waals surface area (Å²) < 4.78 is 63.9. The van der Waals surface area contributed by atoms with E-state index in [-0.39, 0.29) is 31.5 Å². The molecule has 5 unspecified atom stereocenters. The molecule has 20 heteroatoms. The summed E-state index contributed by atoms with van der Waals surface area (Å²) in [5, 5.41) is 8.14. The lowest BCUT2D eigenvalue weighted by Crippen LogP contribution is -2.65. The van der Waals surface area contributed by atoms with Gasteiger partial charge in [0.05, 0.1) is 19.3 Å². The van der Waals surface area contributed by atoms with Crippen LogP contribution in [0, 0.1) is 40.9 Å². The molecule has 16 atom stereocenters. The van der Waals surface area contributed by atoms with E-state index in [0.29, 0.717) is 6.42 Å². The van der Waals surface area contributed by atoms with Crippen molar-refractivity contribution in [3.8, 4) is 0 Å². The van der Waals surface area contributed by atoms with Gasteiger partial charge in [0, 0.05) is 51.9 Å². The van der Waals surface area contributed by atoms with Gasteiger partial charge in [0.15, 0.2) is 12.4 Å². The van der Waals surface area contributed by atoms with E-state index in [1.165, 1.54) is 34.8 Å². The first-order valence-electron chi connectivity index (χ1n) is 19.7. The van der Waals surface area contributed by atoms with Crippen LogP contribution in [0.1, 0.15) is 89.0 Å². The van der Waals surface area contributed by atoms with Crippen molar-refractivity contribution in [3.05, 3.63) is 0 Å². The lowest BCUT2D eigenvalue weighted by molar-refractivity contribution is -0.374. The molecular weight excluding hydrogens is 845 g/mol. The Morgan fingerprint density at radius 1 is 0.763 bits per heavy atom. The van der Waals surface area contributed by atoms with Crippen molar-refractivity contribution in [1.82, 2.24) is 0 Å². The number of rotatable bonds is 15. The van der Waals surface area contributed by atoms with Crippen LogP contribution < -0.4 is 0 Å². The van der Waals surface area contributed by atoms with Gasteiger partial charge in [0.25, 0.3) is 9.58 Å². The third kappa shape index (κ3) is 13.0. The minimum Gasteiger partial charge on any atom is -0.465 e. The highest BCUT2D eigenvalue weighted by Crippen LogP contribution is 2.46. The van der Waals surface area contributed by atoms with Crippen LogP contribution in [-0.4, -0.2) is 121 Å². The van der Waals surface area contributed by atoms with E-state index >= 15 is 0 Å². The first-order valence-corrected chi connectivity index (χ1v) is 20.8. The largest absolute Gasteiger partial charge is 0.465 e. The van der Waals surface area contributed by atoms with E-state index in [9.17, 15) is 24.0 Å². The summed E-state index contributed by atoms with van der Waals surface area (Å²) >= 11 is 17.7. The molecular formula is C39H60Cl3NO16. The standard InChI is InChI=1S/C39H60Cl3NO16/c1-13-27(52-25(10)46)21(6)30-18(3)17(2)14-38(58-30,37(48)49-12)59-32-22(7)28(15-50-23(8)44)54-35(33(32)53-26(11)47)56-31-19(4)20(5)34(57-36(43)39(40,41)42)55-29(31)16-51-24(9)45/h17-22,27-35,43H,13-16H2,1-12H3/t17?,18-,19?,20?,21-,22+,27-,28?,29+,30-,31+,32+,33?,34-,35+,38+/m1/s1. The fourth-order valence-corrected chi connectivity index (χ4v) is 7.95. The van der Waals surface area contributed by atoms with E-state index in [0.717, 1.165) is 0 Å². The Morgan fingerprint density at radius 3 is 1.85 bits per heavy atom. The maximum atomic E-state index is 14.0. The normalized spacial score (nSPS) is 35.9. The first kappa shape index (κ1) is 50.8. The molecule has 0 aromatic rings. The highest BCUT2D eigenvalue weighted by Gasteiger charge is 2.59. The van der Waals surface area contributed by atoms with E-state index < -0.39 is 124 Å². The van der Waals surface area contributed by atoms with Crippen molar-refractivity contribution >= 4 is 70.5 Å². The third-order valence-corrected chi connectivity index (χ3v) is 11.9. The number of ether oxygens (including phenoxy) is 11. The number of esters is 5. The Kier molecular flexibility index (Phi) is 18.5. The molecule has 3 aliphatic heterocycles. The maximum absolute atomic E-state index is 14.0. The Labute approximate surface area is 360 Å². The summed E-state index contributed by atoms with van der Waals surface area (Å²) in [6, 6.07) is 0. The van der Waals surface area contributed by atoms with Crippen molar-refractivity contribution < 1.29 is 76.1 Å². The van der Waals surface area contributed by atoms with Crippen LogP contribution in [0.3, 0.4) is 0 Å². The molecule has 0 spiro atoms. The summed E-state index contributed by atoms with van der Waals surface area (Å²) in [7, 11) is 1.19. The molecule has 3 aliphatic rings. The summed E-state index contributed by atoms with van der Waals surface area (Å²) in [5.74, 6) is -8.70. The second kappa shape index (κ2) is 21.5. The molecule has 3 saturated heterocycles. The highest BCUT2D eigenvalue weighted by atomic mass is 35.6. The van der Waals surface area contributed by atoms with Crippen LogP contribution >= 0.6 is 34.8 Å². The van der Waals surface area contributed by atoms with E-state index in [2.05, 4.69) is 0 Å².